The van der Waals surface area contributed by atoms with Crippen LogP contribution in [0, 0.1) is 6.92 Å². The highest BCUT2D eigenvalue weighted by atomic mass is 14.7. The summed E-state index contributed by atoms with van der Waals surface area (Å²) in [5, 5.41) is 0. The average molecular weight is 219 g/mol. The second kappa shape index (κ2) is 6.12. The van der Waals surface area contributed by atoms with Crippen LogP contribution in [0.1, 0.15) is 68.3 Å². The number of hydrogen-bond donors (Lipinski definition) is 1. The van der Waals surface area contributed by atoms with Gasteiger partial charge in [-0.05, 0) is 44.2 Å². The second-order valence-electron chi connectivity index (χ2n) is 5.28. The maximum absolute atomic E-state index is 3.55. The van der Waals surface area contributed by atoms with Crippen molar-refractivity contribution in [2.75, 3.05) is 0 Å². The maximum atomic E-state index is 3.55. The van der Waals surface area contributed by atoms with Crippen molar-refractivity contribution >= 4 is 0 Å². The largest absolute Gasteiger partial charge is 0.362 e. The smallest absolute Gasteiger partial charge is 0.0181 e. The zero-order chi connectivity index (χ0) is 11.2. The van der Waals surface area contributed by atoms with E-state index in [0.29, 0.717) is 0 Å². The lowest BCUT2D eigenvalue weighted by atomic mass is 10.00. The quantitative estimate of drug-likeness (QED) is 0.659. The van der Waals surface area contributed by atoms with Gasteiger partial charge in [-0.25, -0.2) is 0 Å². The molecule has 0 aliphatic heterocycles. The first-order valence-corrected chi connectivity index (χ1v) is 7.03. The Kier molecular flexibility index (Phi) is 4.50. The van der Waals surface area contributed by atoms with Gasteiger partial charge in [-0.1, -0.05) is 38.5 Å². The number of aryl methyl sites for hydroxylation is 3. The van der Waals surface area contributed by atoms with Gasteiger partial charge in [0.25, 0.3) is 0 Å². The molecule has 1 aromatic rings. The number of H-pyrrole nitrogens is 1. The van der Waals surface area contributed by atoms with Gasteiger partial charge in [-0.15, -0.1) is 0 Å². The van der Waals surface area contributed by atoms with E-state index in [1.54, 1.807) is 5.56 Å². The molecule has 0 aromatic carbocycles. The highest BCUT2D eigenvalue weighted by Gasteiger charge is 2.06. The zero-order valence-corrected chi connectivity index (χ0v) is 10.6. The standard InChI is InChI=1S/C15H25N/c1-13-12-14-10-8-6-4-2-3-5-7-9-11-15(14)16-13/h12,16H,2-11H2,1H3. The van der Waals surface area contributed by atoms with Gasteiger partial charge >= 0.3 is 0 Å². The molecule has 90 valence electrons. The van der Waals surface area contributed by atoms with Crippen LogP contribution in [-0.4, -0.2) is 4.98 Å². The van der Waals surface area contributed by atoms with Crippen LogP contribution in [0.4, 0.5) is 0 Å². The molecule has 0 saturated carbocycles. The van der Waals surface area contributed by atoms with Crippen LogP contribution in [0.25, 0.3) is 0 Å². The van der Waals surface area contributed by atoms with Crippen LogP contribution in [0.5, 0.6) is 0 Å². The van der Waals surface area contributed by atoms with Crippen molar-refractivity contribution in [3.8, 4) is 0 Å². The number of rotatable bonds is 0. The van der Waals surface area contributed by atoms with Crippen LogP contribution >= 0.6 is 0 Å². The molecule has 0 bridgehead atoms. The second-order valence-corrected chi connectivity index (χ2v) is 5.28. The van der Waals surface area contributed by atoms with Gasteiger partial charge in [0, 0.05) is 11.4 Å². The van der Waals surface area contributed by atoms with Gasteiger partial charge in [0.15, 0.2) is 0 Å². The Bertz CT molecular complexity index is 282. The molecule has 1 aliphatic carbocycles. The molecule has 1 N–H and O–H groups in total. The van der Waals surface area contributed by atoms with Crippen LogP contribution < -0.4 is 0 Å². The van der Waals surface area contributed by atoms with Crippen LogP contribution in [0.3, 0.4) is 0 Å². The van der Waals surface area contributed by atoms with Gasteiger partial charge in [0.1, 0.15) is 0 Å². The van der Waals surface area contributed by atoms with Crippen LogP contribution in [0.15, 0.2) is 6.07 Å². The van der Waals surface area contributed by atoms with Crippen molar-refractivity contribution in [2.45, 2.75) is 71.1 Å². The molecule has 16 heavy (non-hydrogen) atoms. The first-order valence-electron chi connectivity index (χ1n) is 7.03. The maximum Gasteiger partial charge on any atom is 0.0181 e. The first kappa shape index (κ1) is 11.8. The molecule has 0 saturated heterocycles. The monoisotopic (exact) mass is 219 g/mol. The van der Waals surface area contributed by atoms with Gasteiger partial charge in [0.05, 0.1) is 0 Å². The van der Waals surface area contributed by atoms with Gasteiger partial charge < -0.3 is 4.98 Å². The van der Waals surface area contributed by atoms with E-state index in [9.17, 15) is 0 Å². The molecule has 0 fully saturated rings. The topological polar surface area (TPSA) is 15.8 Å². The molecule has 0 atom stereocenters. The minimum Gasteiger partial charge on any atom is -0.362 e. The highest BCUT2D eigenvalue weighted by Crippen LogP contribution is 2.19. The number of fused-ring (bicyclic) bond motifs is 1. The molecule has 1 nitrogen and oxygen atoms in total. The molecule has 2 rings (SSSR count). The minimum atomic E-state index is 1.27. The summed E-state index contributed by atoms with van der Waals surface area (Å²) in [6.07, 6.45) is 13.9. The molecule has 0 spiro atoms. The van der Waals surface area contributed by atoms with Crippen molar-refractivity contribution in [1.82, 2.24) is 4.98 Å². The van der Waals surface area contributed by atoms with Crippen molar-refractivity contribution in [3.05, 3.63) is 23.0 Å². The molecule has 0 unspecified atom stereocenters. The van der Waals surface area contributed by atoms with Gasteiger partial charge in [-0.2, -0.15) is 0 Å². The SMILES string of the molecule is Cc1cc2c([nH]1)CCCCCCCCCC2. The fourth-order valence-corrected chi connectivity index (χ4v) is 2.83. The Morgan fingerprint density at radius 2 is 1.38 bits per heavy atom. The van der Waals surface area contributed by atoms with E-state index in [1.807, 2.05) is 0 Å². The van der Waals surface area contributed by atoms with E-state index >= 15 is 0 Å². The molecular formula is C15H25N. The normalized spacial score (nSPS) is 19.6. The lowest BCUT2D eigenvalue weighted by Crippen LogP contribution is -1.95. The van der Waals surface area contributed by atoms with Gasteiger partial charge in [0.2, 0.25) is 0 Å². The third-order valence-electron chi connectivity index (χ3n) is 3.75. The summed E-state index contributed by atoms with van der Waals surface area (Å²) >= 11 is 0. The summed E-state index contributed by atoms with van der Waals surface area (Å²) < 4.78 is 0. The van der Waals surface area contributed by atoms with Crippen LogP contribution in [-0.2, 0) is 12.8 Å². The summed E-state index contributed by atoms with van der Waals surface area (Å²) in [7, 11) is 0. The number of aromatic nitrogens is 1. The summed E-state index contributed by atoms with van der Waals surface area (Å²) in [4.78, 5) is 3.55. The van der Waals surface area contributed by atoms with Crippen molar-refractivity contribution in [3.63, 3.8) is 0 Å². The summed E-state index contributed by atoms with van der Waals surface area (Å²) in [5.74, 6) is 0. The number of aromatic amines is 1. The number of hydrogen-bond acceptors (Lipinski definition) is 0. The lowest BCUT2D eigenvalue weighted by molar-refractivity contribution is 0.558. The van der Waals surface area contributed by atoms with Crippen molar-refractivity contribution < 1.29 is 0 Å². The van der Waals surface area contributed by atoms with E-state index in [0.717, 1.165) is 0 Å². The average Bonchev–Trinajstić information content (AvgIpc) is 2.59. The van der Waals surface area contributed by atoms with Crippen LogP contribution in [0.2, 0.25) is 0 Å². The third kappa shape index (κ3) is 3.40. The Hall–Kier alpha value is -0.720. The first-order chi connectivity index (χ1) is 7.86. The van der Waals surface area contributed by atoms with E-state index in [1.165, 1.54) is 75.6 Å². The predicted octanol–water partition coefficient (Wildman–Crippen LogP) is 4.54. The fourth-order valence-electron chi connectivity index (χ4n) is 2.83. The van der Waals surface area contributed by atoms with E-state index in [4.69, 9.17) is 0 Å². The summed E-state index contributed by atoms with van der Waals surface area (Å²) in [6.45, 7) is 2.19. The van der Waals surface area contributed by atoms with E-state index in [2.05, 4.69) is 18.0 Å². The predicted molar refractivity (Wildman–Crippen MR) is 69.9 cm³/mol. The van der Waals surface area contributed by atoms with E-state index < -0.39 is 0 Å². The zero-order valence-electron chi connectivity index (χ0n) is 10.6. The molecule has 1 heteroatoms. The lowest BCUT2D eigenvalue weighted by Gasteiger charge is -2.07. The van der Waals surface area contributed by atoms with Gasteiger partial charge in [-0.3, -0.25) is 0 Å². The summed E-state index contributed by atoms with van der Waals surface area (Å²) in [6, 6.07) is 2.36. The Labute approximate surface area is 99.6 Å². The molecule has 1 aromatic heterocycles. The minimum absolute atomic E-state index is 1.27. The third-order valence-corrected chi connectivity index (χ3v) is 3.75. The van der Waals surface area contributed by atoms with Crippen molar-refractivity contribution in [1.29, 1.82) is 0 Å². The molecule has 0 radical (unpaired) electrons. The summed E-state index contributed by atoms with van der Waals surface area (Å²) in [5.41, 5.74) is 4.47. The Balaban J connectivity index is 1.99. The Morgan fingerprint density at radius 3 is 2.06 bits per heavy atom. The Morgan fingerprint density at radius 1 is 0.812 bits per heavy atom. The number of nitrogens with one attached hydrogen (secondary N) is 1. The van der Waals surface area contributed by atoms with E-state index in [-0.39, 0.29) is 0 Å². The van der Waals surface area contributed by atoms with Crippen molar-refractivity contribution in [2.24, 2.45) is 0 Å². The molecule has 1 aliphatic rings. The fraction of sp³-hybridized carbons (Fsp3) is 0.733. The highest BCUT2D eigenvalue weighted by molar-refractivity contribution is 5.25. The molecular weight excluding hydrogens is 194 g/mol. The molecule has 1 heterocycles. The molecule has 0 amide bonds.